The van der Waals surface area contributed by atoms with Crippen LogP contribution in [0.4, 0.5) is 9.59 Å². The van der Waals surface area contributed by atoms with Crippen molar-refractivity contribution in [2.45, 2.75) is 77.5 Å². The van der Waals surface area contributed by atoms with E-state index in [1.807, 2.05) is 58.0 Å². The topological polar surface area (TPSA) is 225 Å². The number of rotatable bonds is 9. The second-order valence-electron chi connectivity index (χ2n) is 15.2. The number of methoxy groups -OCH3 is 1. The quantitative estimate of drug-likeness (QED) is 0.118. The average Bonchev–Trinajstić information content (AvgIpc) is 4.02. The number of alkyl carbamates (subject to hydrolysis) is 1. The second-order valence-corrected chi connectivity index (χ2v) is 15.2. The molecule has 0 saturated carbocycles. The van der Waals surface area contributed by atoms with E-state index in [2.05, 4.69) is 25.6 Å². The number of likely N-dealkylation sites (tertiary alicyclic amines) is 2. The molecule has 2 aliphatic heterocycles. The molecule has 6 heterocycles. The van der Waals surface area contributed by atoms with Gasteiger partial charge in [-0.05, 0) is 61.8 Å². The molecule has 0 spiro atoms. The number of imidazole rings is 2. The molecule has 2 fully saturated rings. The van der Waals surface area contributed by atoms with Gasteiger partial charge in [0.25, 0.3) is 0 Å². The van der Waals surface area contributed by atoms with E-state index < -0.39 is 24.3 Å². The van der Waals surface area contributed by atoms with Crippen LogP contribution in [0.5, 0.6) is 0 Å². The second kappa shape index (κ2) is 14.4. The molecule has 5 N–H and O–H groups in total. The normalized spacial score (nSPS) is 18.5. The predicted molar refractivity (Wildman–Crippen MR) is 205 cm³/mol. The fraction of sp³-hybridized carbons (Fsp3) is 0.436. The Morgan fingerprint density at radius 1 is 0.875 bits per heavy atom. The number of amides is 4. The predicted octanol–water partition coefficient (Wildman–Crippen LogP) is 5.80. The Hall–Kier alpha value is -6.26. The number of carboxylic acid groups (broad SMARTS) is 1. The first-order chi connectivity index (χ1) is 26.9. The first-order valence-corrected chi connectivity index (χ1v) is 18.9. The molecule has 17 heteroatoms. The lowest BCUT2D eigenvalue weighted by molar-refractivity contribution is -0.136. The minimum absolute atomic E-state index is 0.145. The van der Waals surface area contributed by atoms with Gasteiger partial charge < -0.3 is 44.7 Å². The molecule has 6 aromatic rings. The monoisotopic (exact) mass is 764 g/mol. The fourth-order valence-electron chi connectivity index (χ4n) is 8.07. The van der Waals surface area contributed by atoms with E-state index in [-0.39, 0.29) is 35.7 Å². The summed E-state index contributed by atoms with van der Waals surface area (Å²) in [5.74, 6) is 0.834. The maximum atomic E-state index is 13.7. The molecule has 8 rings (SSSR count). The van der Waals surface area contributed by atoms with E-state index in [1.54, 1.807) is 16.0 Å². The van der Waals surface area contributed by atoms with Gasteiger partial charge in [0, 0.05) is 35.6 Å². The van der Waals surface area contributed by atoms with E-state index in [0.717, 1.165) is 46.6 Å². The largest absolute Gasteiger partial charge is 0.465 e. The molecule has 17 nitrogen and oxygen atoms in total. The number of benzene rings is 2. The molecule has 0 unspecified atom stereocenters. The maximum Gasteiger partial charge on any atom is 0.407 e. The Bertz CT molecular complexity index is 2500. The molecule has 2 aromatic carbocycles. The molecule has 0 radical (unpaired) electrons. The highest BCUT2D eigenvalue weighted by Crippen LogP contribution is 2.37. The lowest BCUT2D eigenvalue weighted by Gasteiger charge is -2.29. The van der Waals surface area contributed by atoms with Crippen molar-refractivity contribution in [2.24, 2.45) is 11.8 Å². The van der Waals surface area contributed by atoms with Gasteiger partial charge >= 0.3 is 12.2 Å². The smallest absolute Gasteiger partial charge is 0.407 e. The first-order valence-electron chi connectivity index (χ1n) is 18.9. The van der Waals surface area contributed by atoms with Gasteiger partial charge in [-0.1, -0.05) is 33.8 Å². The number of H-pyrrole nitrogens is 2. The van der Waals surface area contributed by atoms with Gasteiger partial charge in [-0.25, -0.2) is 29.5 Å². The molecular weight excluding hydrogens is 720 g/mol. The van der Waals surface area contributed by atoms with Gasteiger partial charge in [0.2, 0.25) is 17.7 Å². The van der Waals surface area contributed by atoms with Gasteiger partial charge in [0.05, 0.1) is 30.2 Å². The standard InChI is InChI=1S/C39H44N10O7/c1-18(2)27(45-38(52)53)36(50)49-15-7-9-26(49)33-43-29-22-11-10-20(16-21(22)17-40-34(29)47-33)35-42-24-13-12-23-30(31(24)56-35)44-32(41-23)25-8-6-14-48(25)37(51)28(19(3)4)46-39(54)55-5/h10-13,16-19,25-28,45H,6-9,14-15H2,1-5H3,(H,41,44)(H,46,54)(H,52,53)(H,40,43,47)/t25-,26-,27-,28-/m0/s1. The lowest BCUT2D eigenvalue weighted by Crippen LogP contribution is -2.51. The average molecular weight is 765 g/mol. The van der Waals surface area contributed by atoms with E-state index in [9.17, 15) is 24.3 Å². The summed E-state index contributed by atoms with van der Waals surface area (Å²) < 4.78 is 11.2. The summed E-state index contributed by atoms with van der Waals surface area (Å²) in [6, 6.07) is 7.38. The number of carbonyl (C=O) groups is 4. The number of aromatic nitrogens is 6. The number of carbonyl (C=O) groups excluding carboxylic acids is 3. The highest BCUT2D eigenvalue weighted by molar-refractivity contribution is 6.04. The Kier molecular flexibility index (Phi) is 9.46. The van der Waals surface area contributed by atoms with E-state index in [1.165, 1.54) is 7.11 Å². The van der Waals surface area contributed by atoms with Crippen LogP contribution in [0.15, 0.2) is 40.9 Å². The molecule has 292 valence electrons. The van der Waals surface area contributed by atoms with Crippen LogP contribution in [0.25, 0.3) is 55.5 Å². The molecule has 4 aromatic heterocycles. The van der Waals surface area contributed by atoms with Crippen molar-refractivity contribution in [3.8, 4) is 11.5 Å². The Balaban J connectivity index is 1.07. The zero-order valence-electron chi connectivity index (χ0n) is 31.8. The van der Waals surface area contributed by atoms with Crippen LogP contribution < -0.4 is 10.6 Å². The number of fused-ring (bicyclic) bond motifs is 6. The van der Waals surface area contributed by atoms with Crippen LogP contribution in [0.3, 0.4) is 0 Å². The zero-order chi connectivity index (χ0) is 39.4. The van der Waals surface area contributed by atoms with Crippen LogP contribution in [0, 0.1) is 11.8 Å². The Morgan fingerprint density at radius 2 is 1.54 bits per heavy atom. The number of aromatic amines is 2. The summed E-state index contributed by atoms with van der Waals surface area (Å²) in [5, 5.41) is 16.1. The van der Waals surface area contributed by atoms with Crippen molar-refractivity contribution in [1.82, 2.24) is 50.3 Å². The number of nitrogens with one attached hydrogen (secondary N) is 4. The molecule has 4 atom stereocenters. The van der Waals surface area contributed by atoms with Crippen molar-refractivity contribution < 1.29 is 33.4 Å². The molecule has 0 bridgehead atoms. The van der Waals surface area contributed by atoms with Crippen LogP contribution in [-0.4, -0.2) is 101 Å². The summed E-state index contributed by atoms with van der Waals surface area (Å²) in [5.41, 5.74) is 4.50. The fourth-order valence-corrected chi connectivity index (χ4v) is 8.07. The van der Waals surface area contributed by atoms with Crippen molar-refractivity contribution in [3.05, 3.63) is 48.2 Å². The van der Waals surface area contributed by atoms with Gasteiger partial charge in [-0.15, -0.1) is 0 Å². The highest BCUT2D eigenvalue weighted by Gasteiger charge is 2.39. The van der Waals surface area contributed by atoms with Crippen molar-refractivity contribution in [1.29, 1.82) is 0 Å². The van der Waals surface area contributed by atoms with E-state index in [4.69, 9.17) is 24.1 Å². The number of pyridine rings is 1. The third kappa shape index (κ3) is 6.49. The molecule has 2 saturated heterocycles. The van der Waals surface area contributed by atoms with Crippen molar-refractivity contribution in [3.63, 3.8) is 0 Å². The molecule has 0 aliphatic carbocycles. The molecule has 56 heavy (non-hydrogen) atoms. The number of ether oxygens (including phenoxy) is 1. The highest BCUT2D eigenvalue weighted by atomic mass is 16.5. The van der Waals surface area contributed by atoms with Crippen LogP contribution >= 0.6 is 0 Å². The zero-order valence-corrected chi connectivity index (χ0v) is 31.8. The maximum absolute atomic E-state index is 13.7. The van der Waals surface area contributed by atoms with E-state index in [0.29, 0.717) is 59.3 Å². The third-order valence-electron chi connectivity index (χ3n) is 10.9. The van der Waals surface area contributed by atoms with Crippen LogP contribution in [0.2, 0.25) is 0 Å². The molecule has 4 amide bonds. The summed E-state index contributed by atoms with van der Waals surface area (Å²) in [6.45, 7) is 8.45. The number of oxazole rings is 1. The number of hydrogen-bond donors (Lipinski definition) is 5. The van der Waals surface area contributed by atoms with Crippen LogP contribution in [0.1, 0.15) is 77.1 Å². The Labute approximate surface area is 320 Å². The van der Waals surface area contributed by atoms with Crippen molar-refractivity contribution in [2.75, 3.05) is 20.2 Å². The lowest BCUT2D eigenvalue weighted by atomic mass is 10.0. The van der Waals surface area contributed by atoms with Gasteiger partial charge in [-0.3, -0.25) is 9.59 Å². The van der Waals surface area contributed by atoms with Gasteiger partial charge in [-0.2, -0.15) is 0 Å². The van der Waals surface area contributed by atoms with Gasteiger partial charge in [0.15, 0.2) is 11.2 Å². The molecular formula is C39H44N10O7. The SMILES string of the molecule is COC(=O)N[C@H](C(=O)N1CCC[C@H]1c1nc2c(ccc3nc(-c4ccc5c(cnc6nc([C@@H]7CCCN7C(=O)[C@@H](NC(=O)O)C(C)C)[nH]c65)c4)oc32)[nH]1)C(C)C. The summed E-state index contributed by atoms with van der Waals surface area (Å²) in [6.07, 6.45) is 2.84. The van der Waals surface area contributed by atoms with E-state index >= 15 is 0 Å². The van der Waals surface area contributed by atoms with Gasteiger partial charge in [0.1, 0.15) is 34.8 Å². The number of hydrogen-bond acceptors (Lipinski definition) is 10. The number of nitrogens with zero attached hydrogens (tertiary/aromatic N) is 6. The summed E-state index contributed by atoms with van der Waals surface area (Å²) in [7, 11) is 1.27. The van der Waals surface area contributed by atoms with Crippen molar-refractivity contribution >= 4 is 68.1 Å². The Morgan fingerprint density at radius 3 is 2.18 bits per heavy atom. The molecule has 2 aliphatic rings. The summed E-state index contributed by atoms with van der Waals surface area (Å²) >= 11 is 0. The van der Waals surface area contributed by atoms with Crippen LogP contribution in [-0.2, 0) is 14.3 Å². The first kappa shape index (κ1) is 36.7. The summed E-state index contributed by atoms with van der Waals surface area (Å²) in [4.78, 5) is 80.1. The minimum Gasteiger partial charge on any atom is -0.465 e. The third-order valence-corrected chi connectivity index (χ3v) is 10.9. The minimum atomic E-state index is -1.23.